The van der Waals surface area contributed by atoms with E-state index in [0.29, 0.717) is 12.8 Å². The van der Waals surface area contributed by atoms with E-state index >= 15 is 0 Å². The predicted molar refractivity (Wildman–Crippen MR) is 61.1 cm³/mol. The molecule has 1 aromatic rings. The highest BCUT2D eigenvalue weighted by Crippen LogP contribution is 2.21. The van der Waals surface area contributed by atoms with Gasteiger partial charge < -0.3 is 0 Å². The highest BCUT2D eigenvalue weighted by molar-refractivity contribution is 9.10. The van der Waals surface area contributed by atoms with Crippen LogP contribution in [0.5, 0.6) is 0 Å². The van der Waals surface area contributed by atoms with Crippen LogP contribution >= 0.6 is 15.9 Å². The maximum atomic E-state index is 13.3. The van der Waals surface area contributed by atoms with Gasteiger partial charge in [-0.15, -0.1) is 12.3 Å². The molecule has 0 spiro atoms. The third-order valence-electron chi connectivity index (χ3n) is 2.01. The normalized spacial score (nSPS) is 9.88. The van der Waals surface area contributed by atoms with Crippen molar-refractivity contribution in [1.29, 1.82) is 0 Å². The summed E-state index contributed by atoms with van der Waals surface area (Å²) in [6.07, 6.45) is 5.93. The van der Waals surface area contributed by atoms with Crippen molar-refractivity contribution in [3.05, 3.63) is 33.8 Å². The van der Waals surface area contributed by atoms with Gasteiger partial charge in [0.25, 0.3) is 0 Å². The number of Topliss-reactive ketones (excluding diaryl/α,β-unsaturated/α-hetero) is 1. The molecule has 0 aromatic heterocycles. The first-order valence-electron chi connectivity index (χ1n) is 4.67. The summed E-state index contributed by atoms with van der Waals surface area (Å²) in [6, 6.07) is 2.13. The lowest BCUT2D eigenvalue weighted by Crippen LogP contribution is -2.06. The van der Waals surface area contributed by atoms with Crippen molar-refractivity contribution in [2.45, 2.75) is 19.3 Å². The third-order valence-corrected chi connectivity index (χ3v) is 2.47. The van der Waals surface area contributed by atoms with E-state index in [1.807, 2.05) is 0 Å². The zero-order chi connectivity index (χ0) is 12.1. The monoisotopic (exact) mass is 286 g/mol. The van der Waals surface area contributed by atoms with Crippen LogP contribution in [-0.4, -0.2) is 5.78 Å². The number of hydrogen-bond donors (Lipinski definition) is 0. The summed E-state index contributed by atoms with van der Waals surface area (Å²) >= 11 is 2.94. The highest BCUT2D eigenvalue weighted by atomic mass is 79.9. The van der Waals surface area contributed by atoms with E-state index < -0.39 is 23.0 Å². The van der Waals surface area contributed by atoms with E-state index in [0.717, 1.165) is 12.1 Å². The van der Waals surface area contributed by atoms with Gasteiger partial charge in [0.05, 0.1) is 5.56 Å². The second-order valence-corrected chi connectivity index (χ2v) is 4.14. The molecule has 1 nitrogen and oxygen atoms in total. The van der Waals surface area contributed by atoms with Crippen molar-refractivity contribution in [1.82, 2.24) is 0 Å². The highest BCUT2D eigenvalue weighted by Gasteiger charge is 2.17. The first kappa shape index (κ1) is 12.9. The molecule has 16 heavy (non-hydrogen) atoms. The minimum absolute atomic E-state index is 0.0552. The number of hydrogen-bond acceptors (Lipinski definition) is 1. The van der Waals surface area contributed by atoms with Crippen molar-refractivity contribution in [3.8, 4) is 12.3 Å². The molecule has 0 amide bonds. The maximum Gasteiger partial charge on any atom is 0.168 e. The average Bonchev–Trinajstić information content (AvgIpc) is 2.16. The largest absolute Gasteiger partial charge is 0.294 e. The summed E-state index contributed by atoms with van der Waals surface area (Å²) in [5, 5.41) is 0. The molecule has 0 heterocycles. The SMILES string of the molecule is C#CCCCC(=O)c1c(F)cc(Br)cc1F. The molecule has 0 unspecified atom stereocenters. The van der Waals surface area contributed by atoms with Gasteiger partial charge in [-0.25, -0.2) is 8.78 Å². The number of terminal acetylenes is 1. The molecule has 0 bridgehead atoms. The molecule has 0 aliphatic rings. The Bertz CT molecular complexity index is 426. The van der Waals surface area contributed by atoms with Crippen molar-refractivity contribution < 1.29 is 13.6 Å². The smallest absolute Gasteiger partial charge is 0.168 e. The van der Waals surface area contributed by atoms with Crippen LogP contribution in [-0.2, 0) is 0 Å². The predicted octanol–water partition coefficient (Wildman–Crippen LogP) is 3.71. The fourth-order valence-electron chi connectivity index (χ4n) is 1.28. The molecule has 0 saturated carbocycles. The van der Waals surface area contributed by atoms with Gasteiger partial charge in [0.2, 0.25) is 0 Å². The van der Waals surface area contributed by atoms with Crippen LogP contribution in [0.2, 0.25) is 0 Å². The molecule has 0 fully saturated rings. The van der Waals surface area contributed by atoms with Gasteiger partial charge in [-0.2, -0.15) is 0 Å². The van der Waals surface area contributed by atoms with Gasteiger partial charge in [-0.3, -0.25) is 4.79 Å². The van der Waals surface area contributed by atoms with Crippen LogP contribution in [0.15, 0.2) is 16.6 Å². The van der Waals surface area contributed by atoms with Crippen molar-refractivity contribution in [2.24, 2.45) is 0 Å². The molecule has 0 radical (unpaired) electrons. The summed E-state index contributed by atoms with van der Waals surface area (Å²) in [5.41, 5.74) is -0.486. The number of carbonyl (C=O) groups is 1. The van der Waals surface area contributed by atoms with Gasteiger partial charge in [0, 0.05) is 17.3 Å². The van der Waals surface area contributed by atoms with Crippen LogP contribution in [0.3, 0.4) is 0 Å². The molecule has 0 N–H and O–H groups in total. The average molecular weight is 287 g/mol. The van der Waals surface area contributed by atoms with Crippen LogP contribution < -0.4 is 0 Å². The van der Waals surface area contributed by atoms with Gasteiger partial charge in [0.1, 0.15) is 11.6 Å². The number of rotatable bonds is 4. The molecule has 0 aliphatic carbocycles. The number of halogens is 3. The molecule has 1 rings (SSSR count). The van der Waals surface area contributed by atoms with Crippen molar-refractivity contribution in [3.63, 3.8) is 0 Å². The molecule has 84 valence electrons. The summed E-state index contributed by atoms with van der Waals surface area (Å²) in [5.74, 6) is 0.109. The van der Waals surface area contributed by atoms with Gasteiger partial charge >= 0.3 is 0 Å². The fraction of sp³-hybridized carbons (Fsp3) is 0.250. The van der Waals surface area contributed by atoms with E-state index in [4.69, 9.17) is 6.42 Å². The zero-order valence-electron chi connectivity index (χ0n) is 8.40. The molecular weight excluding hydrogens is 278 g/mol. The lowest BCUT2D eigenvalue weighted by Gasteiger charge is -2.04. The molecule has 1 aromatic carbocycles. The Morgan fingerprint density at radius 1 is 1.38 bits per heavy atom. The minimum Gasteiger partial charge on any atom is -0.294 e. The van der Waals surface area contributed by atoms with E-state index in [2.05, 4.69) is 21.9 Å². The van der Waals surface area contributed by atoms with E-state index in [1.54, 1.807) is 0 Å². The molecular formula is C12H9BrF2O. The summed E-state index contributed by atoms with van der Waals surface area (Å²) < 4.78 is 26.9. The lowest BCUT2D eigenvalue weighted by molar-refractivity contribution is 0.0972. The summed E-state index contributed by atoms with van der Waals surface area (Å²) in [4.78, 5) is 11.5. The molecule has 0 saturated heterocycles. The van der Waals surface area contributed by atoms with Gasteiger partial charge in [-0.1, -0.05) is 15.9 Å². The molecule has 4 heteroatoms. The van der Waals surface area contributed by atoms with E-state index in [1.165, 1.54) is 0 Å². The van der Waals surface area contributed by atoms with Crippen molar-refractivity contribution >= 4 is 21.7 Å². The van der Waals surface area contributed by atoms with E-state index in [9.17, 15) is 13.6 Å². The van der Waals surface area contributed by atoms with Crippen molar-refractivity contribution in [2.75, 3.05) is 0 Å². The first-order chi connectivity index (χ1) is 7.56. The second kappa shape index (κ2) is 5.76. The Morgan fingerprint density at radius 2 is 1.94 bits per heavy atom. The van der Waals surface area contributed by atoms with Crippen LogP contribution in [0, 0.1) is 24.0 Å². The Labute approximate surface area is 101 Å². The number of carbonyl (C=O) groups excluding carboxylic acids is 1. The Morgan fingerprint density at radius 3 is 2.44 bits per heavy atom. The van der Waals surface area contributed by atoms with Gasteiger partial charge in [0.15, 0.2) is 5.78 Å². The Kier molecular flexibility index (Phi) is 4.63. The lowest BCUT2D eigenvalue weighted by atomic mass is 10.0. The first-order valence-corrected chi connectivity index (χ1v) is 5.46. The van der Waals surface area contributed by atoms with Crippen LogP contribution in [0.25, 0.3) is 0 Å². The maximum absolute atomic E-state index is 13.3. The minimum atomic E-state index is -0.849. The van der Waals surface area contributed by atoms with Crippen LogP contribution in [0.1, 0.15) is 29.6 Å². The zero-order valence-corrected chi connectivity index (χ0v) is 9.98. The number of unbranched alkanes of at least 4 members (excludes halogenated alkanes) is 1. The second-order valence-electron chi connectivity index (χ2n) is 3.23. The van der Waals surface area contributed by atoms with E-state index in [-0.39, 0.29) is 10.9 Å². The van der Waals surface area contributed by atoms with Gasteiger partial charge in [-0.05, 0) is 18.6 Å². The third kappa shape index (κ3) is 3.14. The topological polar surface area (TPSA) is 17.1 Å². The Hall–Kier alpha value is -1.21. The Balaban J connectivity index is 2.88. The quantitative estimate of drug-likeness (QED) is 0.468. The molecule has 0 atom stereocenters. The standard InChI is InChI=1S/C12H9BrF2O/c1-2-3-4-5-11(16)12-9(14)6-8(13)7-10(12)15/h1,6-7H,3-5H2. The summed E-state index contributed by atoms with van der Waals surface area (Å²) in [6.45, 7) is 0. The number of benzene rings is 1. The summed E-state index contributed by atoms with van der Waals surface area (Å²) in [7, 11) is 0. The fourth-order valence-corrected chi connectivity index (χ4v) is 1.69. The number of ketones is 1. The van der Waals surface area contributed by atoms with Crippen LogP contribution in [0.4, 0.5) is 8.78 Å². The molecule has 0 aliphatic heterocycles.